The van der Waals surface area contributed by atoms with Gasteiger partial charge in [0, 0.05) is 25.8 Å². The number of hydrogen-bond donors (Lipinski definition) is 1. The number of nitrogens with one attached hydrogen (secondary N) is 1. The monoisotopic (exact) mass is 320 g/mol. The van der Waals surface area contributed by atoms with Gasteiger partial charge in [0.05, 0.1) is 23.9 Å². The van der Waals surface area contributed by atoms with Crippen molar-refractivity contribution in [2.75, 3.05) is 19.6 Å². The number of aromatic nitrogens is 2. The molecule has 23 heavy (non-hydrogen) atoms. The molecule has 0 radical (unpaired) electrons. The number of nitrogens with zero attached hydrogens (tertiary/aromatic N) is 3. The zero-order valence-corrected chi connectivity index (χ0v) is 14.4. The van der Waals surface area contributed by atoms with Crippen LogP contribution in [0.15, 0.2) is 12.4 Å². The number of hydrogen-bond acceptors (Lipinski definition) is 3. The molecule has 1 N–H and O–H groups in total. The van der Waals surface area contributed by atoms with E-state index in [1.54, 1.807) is 0 Å². The number of piperidine rings is 1. The third-order valence-electron chi connectivity index (χ3n) is 4.82. The van der Waals surface area contributed by atoms with Gasteiger partial charge in [-0.05, 0) is 52.0 Å². The van der Waals surface area contributed by atoms with E-state index < -0.39 is 0 Å². The molecule has 3 heterocycles. The average Bonchev–Trinajstić information content (AvgIpc) is 3.10. The van der Waals surface area contributed by atoms with Crippen molar-refractivity contribution in [2.45, 2.75) is 64.2 Å². The molecule has 2 aliphatic heterocycles. The van der Waals surface area contributed by atoms with Crippen molar-refractivity contribution < 1.29 is 9.53 Å². The van der Waals surface area contributed by atoms with Crippen LogP contribution in [0.5, 0.6) is 0 Å². The molecule has 0 aromatic carbocycles. The second-order valence-corrected chi connectivity index (χ2v) is 7.46. The number of likely N-dealkylation sites (tertiary alicyclic amines) is 1. The summed E-state index contributed by atoms with van der Waals surface area (Å²) in [7, 11) is 0. The lowest BCUT2D eigenvalue weighted by Crippen LogP contribution is -2.47. The van der Waals surface area contributed by atoms with Crippen LogP contribution < -0.4 is 5.32 Å². The quantitative estimate of drug-likeness (QED) is 0.931. The maximum absolute atomic E-state index is 12.4. The van der Waals surface area contributed by atoms with Crippen molar-refractivity contribution in [1.29, 1.82) is 0 Å². The van der Waals surface area contributed by atoms with Gasteiger partial charge in [0.15, 0.2) is 0 Å². The molecular weight excluding hydrogens is 292 g/mol. The Kier molecular flexibility index (Phi) is 4.62. The molecule has 1 aromatic rings. The van der Waals surface area contributed by atoms with E-state index in [-0.39, 0.29) is 23.8 Å². The van der Waals surface area contributed by atoms with Gasteiger partial charge in [-0.3, -0.25) is 4.68 Å². The molecule has 0 saturated carbocycles. The van der Waals surface area contributed by atoms with E-state index in [2.05, 4.69) is 30.5 Å². The van der Waals surface area contributed by atoms with Crippen LogP contribution in [0, 0.1) is 6.92 Å². The number of aryl methyl sites for hydroxylation is 1. The molecule has 2 fully saturated rings. The van der Waals surface area contributed by atoms with Gasteiger partial charge < -0.3 is 15.0 Å². The predicted molar refractivity (Wildman–Crippen MR) is 88.4 cm³/mol. The third kappa shape index (κ3) is 4.05. The molecule has 0 aliphatic carbocycles. The van der Waals surface area contributed by atoms with E-state index in [0.29, 0.717) is 6.54 Å². The van der Waals surface area contributed by atoms with Gasteiger partial charge in [0.1, 0.15) is 0 Å². The lowest BCUT2D eigenvalue weighted by molar-refractivity contribution is -0.0136. The number of ether oxygens (including phenoxy) is 1. The van der Waals surface area contributed by atoms with Crippen molar-refractivity contribution in [3.05, 3.63) is 18.0 Å². The van der Waals surface area contributed by atoms with E-state index in [9.17, 15) is 4.79 Å². The minimum atomic E-state index is -0.0520. The first-order valence-electron chi connectivity index (χ1n) is 8.64. The maximum atomic E-state index is 12.4. The zero-order chi connectivity index (χ0) is 16.4. The van der Waals surface area contributed by atoms with Crippen LogP contribution in [0.3, 0.4) is 0 Å². The van der Waals surface area contributed by atoms with Gasteiger partial charge in [0.2, 0.25) is 0 Å². The molecule has 3 rings (SSSR count). The number of amides is 2. The van der Waals surface area contributed by atoms with E-state index in [0.717, 1.165) is 44.3 Å². The smallest absolute Gasteiger partial charge is 0.317 e. The Labute approximate surface area is 138 Å². The van der Waals surface area contributed by atoms with Gasteiger partial charge in [-0.1, -0.05) is 0 Å². The molecule has 2 saturated heterocycles. The molecule has 6 heteroatoms. The molecule has 0 bridgehead atoms. The standard InChI is InChI=1S/C17H28N4O2/c1-13-9-19-21(11-13)14-5-4-8-20(12-14)16(22)18-10-15-6-7-17(2,3)23-15/h9,11,14-15H,4-8,10,12H2,1-3H3,(H,18,22)/t14-,15-/m0/s1. The summed E-state index contributed by atoms with van der Waals surface area (Å²) >= 11 is 0. The predicted octanol–water partition coefficient (Wildman–Crippen LogP) is 2.50. The van der Waals surface area contributed by atoms with Crippen molar-refractivity contribution in [3.63, 3.8) is 0 Å². The van der Waals surface area contributed by atoms with Gasteiger partial charge in [-0.15, -0.1) is 0 Å². The number of carbonyl (C=O) groups excluding carboxylic acids is 1. The fourth-order valence-electron chi connectivity index (χ4n) is 3.52. The Bertz CT molecular complexity index is 555. The largest absolute Gasteiger partial charge is 0.371 e. The SMILES string of the molecule is Cc1cnn([C@H]2CCCN(C(=O)NC[C@@H]3CCC(C)(C)O3)C2)c1. The zero-order valence-electron chi connectivity index (χ0n) is 14.4. The van der Waals surface area contributed by atoms with Crippen LogP contribution in [0.2, 0.25) is 0 Å². The van der Waals surface area contributed by atoms with E-state index >= 15 is 0 Å². The Balaban J connectivity index is 1.49. The summed E-state index contributed by atoms with van der Waals surface area (Å²) in [6, 6.07) is 0.303. The summed E-state index contributed by atoms with van der Waals surface area (Å²) in [4.78, 5) is 14.3. The van der Waals surface area contributed by atoms with E-state index in [4.69, 9.17) is 4.74 Å². The van der Waals surface area contributed by atoms with Crippen molar-refractivity contribution in [3.8, 4) is 0 Å². The van der Waals surface area contributed by atoms with Crippen LogP contribution in [-0.2, 0) is 4.74 Å². The molecule has 2 atom stereocenters. The highest BCUT2D eigenvalue weighted by Crippen LogP contribution is 2.29. The highest BCUT2D eigenvalue weighted by molar-refractivity contribution is 5.74. The number of urea groups is 1. The van der Waals surface area contributed by atoms with Crippen molar-refractivity contribution in [1.82, 2.24) is 20.0 Å². The Morgan fingerprint density at radius 1 is 1.48 bits per heavy atom. The normalized spacial score (nSPS) is 27.2. The highest BCUT2D eigenvalue weighted by atomic mass is 16.5. The number of carbonyl (C=O) groups is 1. The molecule has 2 amide bonds. The topological polar surface area (TPSA) is 59.4 Å². The van der Waals surface area contributed by atoms with Gasteiger partial charge >= 0.3 is 6.03 Å². The molecule has 6 nitrogen and oxygen atoms in total. The summed E-state index contributed by atoms with van der Waals surface area (Å²) in [5.41, 5.74) is 1.11. The van der Waals surface area contributed by atoms with E-state index in [1.807, 2.05) is 22.7 Å². The van der Waals surface area contributed by atoms with Crippen molar-refractivity contribution in [2.24, 2.45) is 0 Å². The fraction of sp³-hybridized carbons (Fsp3) is 0.765. The summed E-state index contributed by atoms with van der Waals surface area (Å²) < 4.78 is 7.93. The molecule has 0 spiro atoms. The Morgan fingerprint density at radius 3 is 2.96 bits per heavy atom. The minimum Gasteiger partial charge on any atom is -0.371 e. The second kappa shape index (κ2) is 6.51. The molecular formula is C17H28N4O2. The highest BCUT2D eigenvalue weighted by Gasteiger charge is 2.32. The van der Waals surface area contributed by atoms with Crippen LogP contribution >= 0.6 is 0 Å². The minimum absolute atomic E-state index is 0.0203. The van der Waals surface area contributed by atoms with Crippen molar-refractivity contribution >= 4 is 6.03 Å². The number of rotatable bonds is 3. The summed E-state index contributed by atoms with van der Waals surface area (Å²) in [5, 5.41) is 7.44. The van der Waals surface area contributed by atoms with Gasteiger partial charge in [-0.25, -0.2) is 4.79 Å². The average molecular weight is 320 g/mol. The second-order valence-electron chi connectivity index (χ2n) is 7.46. The van der Waals surface area contributed by atoms with Crippen LogP contribution in [-0.4, -0.2) is 52.1 Å². The first kappa shape index (κ1) is 16.3. The first-order chi connectivity index (χ1) is 10.9. The fourth-order valence-corrected chi connectivity index (χ4v) is 3.52. The molecule has 1 aromatic heterocycles. The first-order valence-corrected chi connectivity index (χ1v) is 8.64. The van der Waals surface area contributed by atoms with Gasteiger partial charge in [-0.2, -0.15) is 5.10 Å². The summed E-state index contributed by atoms with van der Waals surface area (Å²) in [6.45, 7) is 8.40. The third-order valence-corrected chi connectivity index (χ3v) is 4.82. The Hall–Kier alpha value is -1.56. The molecule has 2 aliphatic rings. The lowest BCUT2D eigenvalue weighted by Gasteiger charge is -2.33. The summed E-state index contributed by atoms with van der Waals surface area (Å²) in [5.74, 6) is 0. The van der Waals surface area contributed by atoms with E-state index in [1.165, 1.54) is 0 Å². The van der Waals surface area contributed by atoms with Crippen LogP contribution in [0.25, 0.3) is 0 Å². The maximum Gasteiger partial charge on any atom is 0.317 e. The van der Waals surface area contributed by atoms with Crippen LogP contribution in [0.1, 0.15) is 51.1 Å². The molecule has 128 valence electrons. The summed E-state index contributed by atoms with van der Waals surface area (Å²) in [6.07, 6.45) is 8.23. The van der Waals surface area contributed by atoms with Gasteiger partial charge in [0.25, 0.3) is 0 Å². The van der Waals surface area contributed by atoms with Crippen LogP contribution in [0.4, 0.5) is 4.79 Å². The lowest BCUT2D eigenvalue weighted by atomic mass is 10.1. The Morgan fingerprint density at radius 2 is 2.30 bits per heavy atom. The molecule has 0 unspecified atom stereocenters.